The van der Waals surface area contributed by atoms with Crippen LogP contribution in [-0.4, -0.2) is 30.2 Å². The number of H-pyrrole nitrogens is 1. The highest BCUT2D eigenvalue weighted by Gasteiger charge is 2.05. The monoisotopic (exact) mass is 374 g/mol. The third-order valence-electron chi connectivity index (χ3n) is 5.05. The lowest BCUT2D eigenvalue weighted by molar-refractivity contribution is 0.415. The molecule has 0 radical (unpaired) electrons. The molecule has 0 saturated carbocycles. The smallest absolute Gasteiger partial charge is 0.126 e. The van der Waals surface area contributed by atoms with Gasteiger partial charge in [0, 0.05) is 35.6 Å². The number of hydrogen-bond acceptors (Lipinski definition) is 4. The molecular formula is C23H26N4O. The van der Waals surface area contributed by atoms with Gasteiger partial charge in [0.1, 0.15) is 11.6 Å². The van der Waals surface area contributed by atoms with Gasteiger partial charge in [0.15, 0.2) is 0 Å². The van der Waals surface area contributed by atoms with E-state index in [4.69, 9.17) is 9.72 Å². The molecule has 2 heterocycles. The van der Waals surface area contributed by atoms with Gasteiger partial charge in [-0.2, -0.15) is 0 Å². The molecule has 28 heavy (non-hydrogen) atoms. The summed E-state index contributed by atoms with van der Waals surface area (Å²) in [6.07, 6.45) is 3.12. The molecule has 0 amide bonds. The highest BCUT2D eigenvalue weighted by Crippen LogP contribution is 2.24. The number of fused-ring (bicyclic) bond motifs is 2. The number of aromatic amines is 1. The van der Waals surface area contributed by atoms with Gasteiger partial charge < -0.3 is 20.4 Å². The quantitative estimate of drug-likeness (QED) is 0.394. The zero-order chi connectivity index (χ0) is 19.3. The van der Waals surface area contributed by atoms with Crippen LogP contribution < -0.4 is 15.4 Å². The summed E-state index contributed by atoms with van der Waals surface area (Å²) in [5.74, 6) is 1.78. The lowest BCUT2D eigenvalue weighted by Crippen LogP contribution is -2.17. The van der Waals surface area contributed by atoms with Crippen molar-refractivity contribution >= 4 is 27.6 Å². The number of nitrogens with one attached hydrogen (secondary N) is 3. The molecule has 3 N–H and O–H groups in total. The summed E-state index contributed by atoms with van der Waals surface area (Å²) in [6, 6.07) is 16.5. The van der Waals surface area contributed by atoms with Crippen LogP contribution in [0.5, 0.6) is 5.75 Å². The zero-order valence-electron chi connectivity index (χ0n) is 16.4. The Labute approximate surface area is 165 Å². The molecule has 5 nitrogen and oxygen atoms in total. The van der Waals surface area contributed by atoms with E-state index in [9.17, 15) is 0 Å². The van der Waals surface area contributed by atoms with Crippen LogP contribution in [0, 0.1) is 6.92 Å². The van der Waals surface area contributed by atoms with Crippen molar-refractivity contribution in [3.05, 3.63) is 65.9 Å². The number of nitrogens with zero attached hydrogens (tertiary/aromatic N) is 1. The Kier molecular flexibility index (Phi) is 5.44. The summed E-state index contributed by atoms with van der Waals surface area (Å²) in [7, 11) is 1.69. The van der Waals surface area contributed by atoms with Crippen molar-refractivity contribution in [2.75, 3.05) is 25.5 Å². The van der Waals surface area contributed by atoms with Gasteiger partial charge in [-0.3, -0.25) is 0 Å². The van der Waals surface area contributed by atoms with Crippen LogP contribution in [0.25, 0.3) is 21.8 Å². The first-order valence-electron chi connectivity index (χ1n) is 9.69. The predicted molar refractivity (Wildman–Crippen MR) is 116 cm³/mol. The average Bonchev–Trinajstić information content (AvgIpc) is 3.13. The standard InChI is InChI=1S/C23H26N4O/c1-16-12-23(27-22-9-8-18(28-2)13-20(16)22)25-11-5-10-24-14-17-15-26-21-7-4-3-6-19(17)21/h3-4,6-9,12-13,15,24,26H,5,10-11,14H2,1-2H3,(H,25,27). The Hall–Kier alpha value is -3.05. The molecule has 144 valence electrons. The highest BCUT2D eigenvalue weighted by molar-refractivity contribution is 5.85. The van der Waals surface area contributed by atoms with Crippen molar-refractivity contribution in [3.8, 4) is 5.75 Å². The molecule has 2 aromatic carbocycles. The highest BCUT2D eigenvalue weighted by atomic mass is 16.5. The molecule has 4 aromatic rings. The minimum atomic E-state index is 0.861. The summed E-state index contributed by atoms with van der Waals surface area (Å²) in [4.78, 5) is 8.03. The Balaban J connectivity index is 1.27. The molecule has 0 aliphatic rings. The fraction of sp³-hybridized carbons (Fsp3) is 0.261. The lowest BCUT2D eigenvalue weighted by Gasteiger charge is -2.10. The number of pyridine rings is 1. The number of hydrogen-bond donors (Lipinski definition) is 3. The number of anilines is 1. The zero-order valence-corrected chi connectivity index (χ0v) is 16.4. The van der Waals surface area contributed by atoms with Crippen LogP contribution >= 0.6 is 0 Å². The summed E-state index contributed by atoms with van der Waals surface area (Å²) >= 11 is 0. The summed E-state index contributed by atoms with van der Waals surface area (Å²) in [5.41, 5.74) is 4.69. The Morgan fingerprint density at radius 1 is 1.04 bits per heavy atom. The average molecular weight is 374 g/mol. The van der Waals surface area contributed by atoms with Crippen molar-refractivity contribution in [2.24, 2.45) is 0 Å². The molecule has 0 unspecified atom stereocenters. The first-order chi connectivity index (χ1) is 13.7. The number of benzene rings is 2. The fourth-order valence-corrected chi connectivity index (χ4v) is 3.52. The van der Waals surface area contributed by atoms with E-state index in [1.807, 2.05) is 18.2 Å². The minimum Gasteiger partial charge on any atom is -0.497 e. The molecule has 0 fully saturated rings. The van der Waals surface area contributed by atoms with Crippen molar-refractivity contribution in [1.82, 2.24) is 15.3 Å². The Morgan fingerprint density at radius 2 is 1.93 bits per heavy atom. The lowest BCUT2D eigenvalue weighted by atomic mass is 10.1. The molecule has 0 saturated heterocycles. The first kappa shape index (κ1) is 18.3. The van der Waals surface area contributed by atoms with Gasteiger partial charge in [0.25, 0.3) is 0 Å². The molecule has 4 rings (SSSR count). The van der Waals surface area contributed by atoms with Crippen LogP contribution in [0.2, 0.25) is 0 Å². The van der Waals surface area contributed by atoms with Crippen LogP contribution in [0.1, 0.15) is 17.5 Å². The number of rotatable bonds is 8. The molecule has 0 bridgehead atoms. The number of para-hydroxylation sites is 1. The Morgan fingerprint density at radius 3 is 2.82 bits per heavy atom. The van der Waals surface area contributed by atoms with E-state index in [1.165, 1.54) is 22.0 Å². The maximum atomic E-state index is 5.31. The van der Waals surface area contributed by atoms with Gasteiger partial charge in [0.05, 0.1) is 12.6 Å². The van der Waals surface area contributed by atoms with Gasteiger partial charge in [-0.1, -0.05) is 18.2 Å². The molecule has 2 aromatic heterocycles. The fourth-order valence-electron chi connectivity index (χ4n) is 3.52. The second-order valence-electron chi connectivity index (χ2n) is 7.02. The molecule has 0 spiro atoms. The van der Waals surface area contributed by atoms with Crippen LogP contribution in [0.15, 0.2) is 54.7 Å². The van der Waals surface area contributed by atoms with Gasteiger partial charge in [-0.25, -0.2) is 4.98 Å². The Bertz CT molecular complexity index is 1090. The minimum absolute atomic E-state index is 0.861. The van der Waals surface area contributed by atoms with Crippen LogP contribution in [0.4, 0.5) is 5.82 Å². The summed E-state index contributed by atoms with van der Waals surface area (Å²) in [6.45, 7) is 4.82. The molecular weight excluding hydrogens is 348 g/mol. The normalized spacial score (nSPS) is 11.2. The maximum absolute atomic E-state index is 5.31. The maximum Gasteiger partial charge on any atom is 0.126 e. The van der Waals surface area contributed by atoms with Gasteiger partial charge in [0.2, 0.25) is 0 Å². The topological polar surface area (TPSA) is 62.0 Å². The number of aromatic nitrogens is 2. The first-order valence-corrected chi connectivity index (χ1v) is 9.69. The predicted octanol–water partition coefficient (Wildman–Crippen LogP) is 4.62. The van der Waals surface area contributed by atoms with Gasteiger partial charge >= 0.3 is 0 Å². The van der Waals surface area contributed by atoms with Crippen molar-refractivity contribution < 1.29 is 4.74 Å². The van der Waals surface area contributed by atoms with E-state index in [1.54, 1.807) is 7.11 Å². The molecule has 5 heteroatoms. The van der Waals surface area contributed by atoms with E-state index in [0.29, 0.717) is 0 Å². The third kappa shape index (κ3) is 3.94. The van der Waals surface area contributed by atoms with Crippen molar-refractivity contribution in [2.45, 2.75) is 19.9 Å². The van der Waals surface area contributed by atoms with E-state index < -0.39 is 0 Å². The third-order valence-corrected chi connectivity index (χ3v) is 5.05. The van der Waals surface area contributed by atoms with Crippen LogP contribution in [0.3, 0.4) is 0 Å². The largest absolute Gasteiger partial charge is 0.497 e. The van der Waals surface area contributed by atoms with E-state index in [2.05, 4.69) is 59.1 Å². The summed E-state index contributed by atoms with van der Waals surface area (Å²) in [5, 5.41) is 9.39. The number of aryl methyl sites for hydroxylation is 1. The van der Waals surface area contributed by atoms with Gasteiger partial charge in [-0.15, -0.1) is 0 Å². The number of methoxy groups -OCH3 is 1. The van der Waals surface area contributed by atoms with Crippen LogP contribution in [-0.2, 0) is 6.54 Å². The second kappa shape index (κ2) is 8.31. The van der Waals surface area contributed by atoms with Crippen molar-refractivity contribution in [1.29, 1.82) is 0 Å². The molecule has 0 aliphatic carbocycles. The number of ether oxygens (including phenoxy) is 1. The second-order valence-corrected chi connectivity index (χ2v) is 7.02. The molecule has 0 atom stereocenters. The van der Waals surface area contributed by atoms with E-state index >= 15 is 0 Å². The SMILES string of the molecule is COc1ccc2nc(NCCCNCc3c[nH]c4ccccc34)cc(C)c2c1. The van der Waals surface area contributed by atoms with Gasteiger partial charge in [-0.05, 0) is 61.3 Å². The summed E-state index contributed by atoms with van der Waals surface area (Å²) < 4.78 is 5.31. The van der Waals surface area contributed by atoms with E-state index in [-0.39, 0.29) is 0 Å². The van der Waals surface area contributed by atoms with E-state index in [0.717, 1.165) is 48.5 Å². The van der Waals surface area contributed by atoms with Crippen molar-refractivity contribution in [3.63, 3.8) is 0 Å². The molecule has 0 aliphatic heterocycles.